The molecule has 0 radical (unpaired) electrons. The van der Waals surface area contributed by atoms with Gasteiger partial charge in [-0.1, -0.05) is 0 Å². The van der Waals surface area contributed by atoms with E-state index in [1.165, 1.54) is 0 Å². The van der Waals surface area contributed by atoms with Crippen molar-refractivity contribution < 1.29 is 4.79 Å². The molecule has 1 atom stereocenters. The maximum atomic E-state index is 11.7. The average Bonchev–Trinajstić information content (AvgIpc) is 2.60. The van der Waals surface area contributed by atoms with E-state index < -0.39 is 0 Å². The van der Waals surface area contributed by atoms with Gasteiger partial charge in [0.2, 0.25) is 5.91 Å². The fraction of sp³-hybridized carbons (Fsp3) is 0.400. The van der Waals surface area contributed by atoms with Crippen LogP contribution in [0.1, 0.15) is 6.42 Å². The van der Waals surface area contributed by atoms with Crippen LogP contribution >= 0.6 is 28.6 Å². The fourth-order valence-electron chi connectivity index (χ4n) is 1.71. The summed E-state index contributed by atoms with van der Waals surface area (Å²) in [6.07, 6.45) is 2.30. The number of anilines is 1. The van der Waals surface area contributed by atoms with Crippen molar-refractivity contribution in [3.05, 3.63) is 22.9 Å². The van der Waals surface area contributed by atoms with Crippen LogP contribution in [0.15, 0.2) is 22.9 Å². The highest BCUT2D eigenvalue weighted by Crippen LogP contribution is 2.26. The molecule has 1 aromatic rings. The number of nitrogens with zero attached hydrogens (tertiary/aromatic N) is 2. The van der Waals surface area contributed by atoms with E-state index in [2.05, 4.69) is 33.5 Å². The van der Waals surface area contributed by atoms with Crippen LogP contribution in [0, 0.1) is 5.92 Å². The lowest BCUT2D eigenvalue weighted by Gasteiger charge is -2.16. The Morgan fingerprint density at radius 3 is 3.07 bits per heavy atom. The van der Waals surface area contributed by atoms with Gasteiger partial charge in [-0.3, -0.25) is 4.79 Å². The summed E-state index contributed by atoms with van der Waals surface area (Å²) in [5.74, 6) is 1.30. The van der Waals surface area contributed by atoms with E-state index >= 15 is 0 Å². The molecule has 0 aliphatic carbocycles. The highest BCUT2D eigenvalue weighted by molar-refractivity contribution is 9.10. The molecule has 2 rings (SSSR count). The third-order valence-corrected chi connectivity index (χ3v) is 3.44. The number of hydrogen-bond acceptors (Lipinski definition) is 3. The molecule has 0 spiro atoms. The molecule has 0 bridgehead atoms. The summed E-state index contributed by atoms with van der Waals surface area (Å²) in [7, 11) is 0. The van der Waals surface area contributed by atoms with Gasteiger partial charge in [0.25, 0.3) is 0 Å². The largest absolute Gasteiger partial charge is 0.312 e. The number of amides is 1. The fourth-order valence-corrected chi connectivity index (χ4v) is 2.31. The highest BCUT2D eigenvalue weighted by Gasteiger charge is 2.29. The summed E-state index contributed by atoms with van der Waals surface area (Å²) >= 11 is 7.53. The van der Waals surface area contributed by atoms with E-state index in [1.807, 2.05) is 12.1 Å². The zero-order chi connectivity index (χ0) is 10.8. The number of aromatic nitrogens is 1. The predicted molar refractivity (Wildman–Crippen MR) is 66.3 cm³/mol. The van der Waals surface area contributed by atoms with E-state index in [0.29, 0.717) is 12.3 Å². The number of rotatable bonds is 2. The lowest BCUT2D eigenvalue weighted by Crippen LogP contribution is -2.24. The maximum absolute atomic E-state index is 11.7. The van der Waals surface area contributed by atoms with E-state index in [4.69, 9.17) is 0 Å². The second-order valence-electron chi connectivity index (χ2n) is 3.59. The first-order valence-electron chi connectivity index (χ1n) is 4.73. The van der Waals surface area contributed by atoms with Crippen LogP contribution in [-0.4, -0.2) is 23.2 Å². The van der Waals surface area contributed by atoms with E-state index in [1.54, 1.807) is 11.1 Å². The zero-order valence-electron chi connectivity index (χ0n) is 8.06. The topological polar surface area (TPSA) is 33.2 Å². The lowest BCUT2D eigenvalue weighted by atomic mass is 10.1. The Labute approximate surface area is 102 Å². The molecule has 1 aliphatic rings. The van der Waals surface area contributed by atoms with Crippen LogP contribution < -0.4 is 4.90 Å². The van der Waals surface area contributed by atoms with Crippen LogP contribution in [0.5, 0.6) is 0 Å². The second kappa shape index (κ2) is 4.53. The van der Waals surface area contributed by atoms with Gasteiger partial charge in [-0.05, 0) is 39.7 Å². The van der Waals surface area contributed by atoms with Gasteiger partial charge in [-0.25, -0.2) is 4.98 Å². The summed E-state index contributed by atoms with van der Waals surface area (Å²) in [4.78, 5) is 17.5. The SMILES string of the molecule is O=C1CC(CS)CN1c1ccnc(Br)c1. The zero-order valence-corrected chi connectivity index (χ0v) is 10.5. The van der Waals surface area contributed by atoms with Crippen molar-refractivity contribution in [2.75, 3.05) is 17.2 Å². The van der Waals surface area contributed by atoms with Gasteiger partial charge in [0, 0.05) is 24.8 Å². The Balaban J connectivity index is 2.21. The molecule has 80 valence electrons. The quantitative estimate of drug-likeness (QED) is 0.667. The summed E-state index contributed by atoms with van der Waals surface area (Å²) in [5.41, 5.74) is 0.908. The first kappa shape index (κ1) is 11.0. The average molecular weight is 287 g/mol. The second-order valence-corrected chi connectivity index (χ2v) is 4.77. The smallest absolute Gasteiger partial charge is 0.227 e. The molecule has 0 N–H and O–H groups in total. The molecule has 1 unspecified atom stereocenters. The molecule has 15 heavy (non-hydrogen) atoms. The predicted octanol–water partition coefficient (Wildman–Crippen LogP) is 2.13. The number of carbonyl (C=O) groups excluding carboxylic acids is 1. The lowest BCUT2D eigenvalue weighted by molar-refractivity contribution is -0.117. The molecule has 3 nitrogen and oxygen atoms in total. The Kier molecular flexibility index (Phi) is 3.31. The molecule has 1 aliphatic heterocycles. The minimum Gasteiger partial charge on any atom is -0.312 e. The Bertz CT molecular complexity index is 385. The van der Waals surface area contributed by atoms with E-state index in [9.17, 15) is 4.79 Å². The molecule has 5 heteroatoms. The van der Waals surface area contributed by atoms with Crippen molar-refractivity contribution in [3.63, 3.8) is 0 Å². The Hall–Kier alpha value is -0.550. The van der Waals surface area contributed by atoms with Crippen LogP contribution in [0.4, 0.5) is 5.69 Å². The number of halogens is 1. The van der Waals surface area contributed by atoms with Gasteiger partial charge < -0.3 is 4.90 Å². The monoisotopic (exact) mass is 286 g/mol. The van der Waals surface area contributed by atoms with Crippen LogP contribution in [0.3, 0.4) is 0 Å². The maximum Gasteiger partial charge on any atom is 0.227 e. The molecule has 0 aromatic carbocycles. The molecular weight excluding hydrogens is 276 g/mol. The van der Waals surface area contributed by atoms with Gasteiger partial charge in [0.15, 0.2) is 0 Å². The molecule has 1 saturated heterocycles. The number of hydrogen-bond donors (Lipinski definition) is 1. The summed E-state index contributed by atoms with van der Waals surface area (Å²) in [5, 5.41) is 0. The van der Waals surface area contributed by atoms with Gasteiger partial charge >= 0.3 is 0 Å². The van der Waals surface area contributed by atoms with Crippen molar-refractivity contribution in [1.29, 1.82) is 0 Å². The van der Waals surface area contributed by atoms with Gasteiger partial charge in [0.1, 0.15) is 4.60 Å². The molecule has 1 fully saturated rings. The molecule has 0 saturated carbocycles. The Morgan fingerprint density at radius 2 is 2.47 bits per heavy atom. The molecule has 2 heterocycles. The standard InChI is InChI=1S/C10H11BrN2OS/c11-9-4-8(1-2-12-9)13-5-7(6-15)3-10(13)14/h1-2,4,7,15H,3,5-6H2. The summed E-state index contributed by atoms with van der Waals surface area (Å²) in [6.45, 7) is 0.763. The Morgan fingerprint density at radius 1 is 1.67 bits per heavy atom. The van der Waals surface area contributed by atoms with E-state index in [0.717, 1.165) is 22.6 Å². The molecular formula is C10H11BrN2OS. The van der Waals surface area contributed by atoms with Crippen molar-refractivity contribution in [2.24, 2.45) is 5.92 Å². The normalized spacial score (nSPS) is 21.1. The van der Waals surface area contributed by atoms with Gasteiger partial charge in [-0.2, -0.15) is 12.6 Å². The van der Waals surface area contributed by atoms with Crippen LogP contribution in [0.25, 0.3) is 0 Å². The summed E-state index contributed by atoms with van der Waals surface area (Å²) in [6, 6.07) is 3.71. The number of carbonyl (C=O) groups is 1. The molecule has 1 amide bonds. The number of pyridine rings is 1. The third-order valence-electron chi connectivity index (χ3n) is 2.49. The minimum atomic E-state index is 0.173. The van der Waals surface area contributed by atoms with Crippen LogP contribution in [-0.2, 0) is 4.79 Å². The highest BCUT2D eigenvalue weighted by atomic mass is 79.9. The first-order chi connectivity index (χ1) is 7.20. The van der Waals surface area contributed by atoms with Crippen molar-refractivity contribution in [1.82, 2.24) is 4.98 Å². The van der Waals surface area contributed by atoms with E-state index in [-0.39, 0.29) is 5.91 Å². The van der Waals surface area contributed by atoms with Crippen molar-refractivity contribution >= 4 is 40.2 Å². The van der Waals surface area contributed by atoms with Gasteiger partial charge in [-0.15, -0.1) is 0 Å². The number of thiol groups is 1. The van der Waals surface area contributed by atoms with Crippen molar-refractivity contribution in [2.45, 2.75) is 6.42 Å². The summed E-state index contributed by atoms with van der Waals surface area (Å²) < 4.78 is 0.752. The minimum absolute atomic E-state index is 0.173. The third kappa shape index (κ3) is 2.34. The van der Waals surface area contributed by atoms with Crippen molar-refractivity contribution in [3.8, 4) is 0 Å². The first-order valence-corrected chi connectivity index (χ1v) is 6.16. The van der Waals surface area contributed by atoms with Gasteiger partial charge in [0.05, 0.1) is 0 Å². The van der Waals surface area contributed by atoms with Crippen LogP contribution in [0.2, 0.25) is 0 Å². The molecule has 1 aromatic heterocycles.